The maximum absolute atomic E-state index is 13.0. The summed E-state index contributed by atoms with van der Waals surface area (Å²) in [7, 11) is 0. The van der Waals surface area contributed by atoms with Gasteiger partial charge in [0.05, 0.1) is 10.7 Å². The van der Waals surface area contributed by atoms with Gasteiger partial charge in [-0.1, -0.05) is 17.7 Å². The molecule has 7 heteroatoms. The SMILES string of the molecule is O=C(Nc1cccc(F)c1)Nc1ccc(Cl)c(NO)c1. The Bertz CT molecular complexity index is 637. The molecule has 0 saturated heterocycles. The van der Waals surface area contributed by atoms with Crippen LogP contribution in [0.4, 0.5) is 26.2 Å². The Morgan fingerprint density at radius 1 is 1.10 bits per heavy atom. The summed E-state index contributed by atoms with van der Waals surface area (Å²) in [4.78, 5) is 11.7. The van der Waals surface area contributed by atoms with E-state index in [4.69, 9.17) is 16.8 Å². The quantitative estimate of drug-likeness (QED) is 0.648. The molecule has 2 aromatic rings. The van der Waals surface area contributed by atoms with Crippen molar-refractivity contribution in [2.24, 2.45) is 0 Å². The monoisotopic (exact) mass is 295 g/mol. The Kier molecular flexibility index (Phi) is 4.39. The molecule has 0 aliphatic heterocycles. The summed E-state index contributed by atoms with van der Waals surface area (Å²) in [6, 6.07) is 9.51. The zero-order valence-corrected chi connectivity index (χ0v) is 10.9. The van der Waals surface area contributed by atoms with E-state index in [2.05, 4.69) is 10.6 Å². The molecule has 0 radical (unpaired) electrons. The molecule has 104 valence electrons. The topological polar surface area (TPSA) is 73.4 Å². The molecule has 2 amide bonds. The van der Waals surface area contributed by atoms with Crippen LogP contribution in [0.2, 0.25) is 5.02 Å². The number of benzene rings is 2. The Morgan fingerprint density at radius 2 is 1.80 bits per heavy atom. The second kappa shape index (κ2) is 6.23. The van der Waals surface area contributed by atoms with Crippen molar-refractivity contribution in [2.45, 2.75) is 0 Å². The van der Waals surface area contributed by atoms with Crippen LogP contribution < -0.4 is 16.1 Å². The number of urea groups is 1. The lowest BCUT2D eigenvalue weighted by molar-refractivity contribution is 0.262. The van der Waals surface area contributed by atoms with Gasteiger partial charge in [-0.15, -0.1) is 0 Å². The third-order valence-electron chi connectivity index (χ3n) is 2.43. The molecule has 5 nitrogen and oxygen atoms in total. The molecule has 0 saturated carbocycles. The number of anilines is 3. The summed E-state index contributed by atoms with van der Waals surface area (Å²) < 4.78 is 13.0. The zero-order valence-electron chi connectivity index (χ0n) is 10.2. The minimum absolute atomic E-state index is 0.259. The molecule has 4 N–H and O–H groups in total. The van der Waals surface area contributed by atoms with Crippen LogP contribution in [0.5, 0.6) is 0 Å². The molecule has 0 aromatic heterocycles. The molecule has 20 heavy (non-hydrogen) atoms. The fraction of sp³-hybridized carbons (Fsp3) is 0. The molecular weight excluding hydrogens is 285 g/mol. The Balaban J connectivity index is 2.04. The van der Waals surface area contributed by atoms with E-state index < -0.39 is 11.8 Å². The van der Waals surface area contributed by atoms with Gasteiger partial charge in [0.15, 0.2) is 0 Å². The second-order valence-corrected chi connectivity index (χ2v) is 4.30. The fourth-order valence-corrected chi connectivity index (χ4v) is 1.71. The molecule has 0 aliphatic carbocycles. The minimum atomic E-state index is -0.540. The van der Waals surface area contributed by atoms with Crippen LogP contribution >= 0.6 is 11.6 Å². The Hall–Kier alpha value is -2.31. The third kappa shape index (κ3) is 3.59. The molecule has 0 atom stereocenters. The van der Waals surface area contributed by atoms with E-state index in [0.29, 0.717) is 16.4 Å². The Labute approximate surface area is 119 Å². The first kappa shape index (κ1) is 14.1. The van der Waals surface area contributed by atoms with Crippen LogP contribution in [0.1, 0.15) is 0 Å². The van der Waals surface area contributed by atoms with Crippen molar-refractivity contribution in [3.8, 4) is 0 Å². The van der Waals surface area contributed by atoms with Crippen LogP contribution in [0.25, 0.3) is 0 Å². The van der Waals surface area contributed by atoms with Crippen molar-refractivity contribution in [3.05, 3.63) is 53.3 Å². The van der Waals surface area contributed by atoms with E-state index in [1.54, 1.807) is 12.1 Å². The lowest BCUT2D eigenvalue weighted by Crippen LogP contribution is -2.19. The number of hydrogen-bond acceptors (Lipinski definition) is 3. The van der Waals surface area contributed by atoms with E-state index in [0.717, 1.165) is 0 Å². The van der Waals surface area contributed by atoms with Gasteiger partial charge in [0, 0.05) is 11.4 Å². The van der Waals surface area contributed by atoms with Crippen molar-refractivity contribution in [3.63, 3.8) is 0 Å². The number of rotatable bonds is 3. The standard InChI is InChI=1S/C13H11ClFN3O2/c14-11-5-4-10(7-12(11)18-20)17-13(19)16-9-3-1-2-8(15)6-9/h1-7,18,20H,(H2,16,17,19). The van der Waals surface area contributed by atoms with E-state index in [1.165, 1.54) is 30.3 Å². The number of amides is 2. The van der Waals surface area contributed by atoms with Gasteiger partial charge in [0.25, 0.3) is 0 Å². The molecule has 0 unspecified atom stereocenters. The van der Waals surface area contributed by atoms with Crippen LogP contribution in [0, 0.1) is 5.82 Å². The number of hydrogen-bond donors (Lipinski definition) is 4. The summed E-state index contributed by atoms with van der Waals surface area (Å²) in [6.07, 6.45) is 0. The predicted octanol–water partition coefficient (Wildman–Crippen LogP) is 3.92. The van der Waals surface area contributed by atoms with Gasteiger partial charge in [0.2, 0.25) is 0 Å². The molecule has 0 aliphatic rings. The molecular formula is C13H11ClFN3O2. The largest absolute Gasteiger partial charge is 0.323 e. The van der Waals surface area contributed by atoms with Crippen molar-refractivity contribution in [1.29, 1.82) is 0 Å². The molecule has 0 fully saturated rings. The number of carbonyl (C=O) groups excluding carboxylic acids is 1. The van der Waals surface area contributed by atoms with Gasteiger partial charge in [-0.25, -0.2) is 9.18 Å². The predicted molar refractivity (Wildman–Crippen MR) is 75.9 cm³/mol. The second-order valence-electron chi connectivity index (χ2n) is 3.90. The first-order chi connectivity index (χ1) is 9.58. The van der Waals surface area contributed by atoms with E-state index in [1.807, 2.05) is 5.48 Å². The highest BCUT2D eigenvalue weighted by Crippen LogP contribution is 2.25. The third-order valence-corrected chi connectivity index (χ3v) is 2.76. The van der Waals surface area contributed by atoms with Crippen molar-refractivity contribution in [1.82, 2.24) is 0 Å². The molecule has 2 aromatic carbocycles. The average molecular weight is 296 g/mol. The summed E-state index contributed by atoms with van der Waals surface area (Å²) in [6.45, 7) is 0. The first-order valence-electron chi connectivity index (χ1n) is 5.62. The Morgan fingerprint density at radius 3 is 2.45 bits per heavy atom. The number of nitrogens with one attached hydrogen (secondary N) is 3. The average Bonchev–Trinajstić information content (AvgIpc) is 2.41. The van der Waals surface area contributed by atoms with Crippen LogP contribution in [0.3, 0.4) is 0 Å². The zero-order chi connectivity index (χ0) is 14.5. The van der Waals surface area contributed by atoms with E-state index >= 15 is 0 Å². The van der Waals surface area contributed by atoms with Gasteiger partial charge >= 0.3 is 6.03 Å². The highest BCUT2D eigenvalue weighted by molar-refractivity contribution is 6.33. The van der Waals surface area contributed by atoms with E-state index in [-0.39, 0.29) is 5.69 Å². The maximum Gasteiger partial charge on any atom is 0.323 e. The van der Waals surface area contributed by atoms with Crippen molar-refractivity contribution in [2.75, 3.05) is 16.1 Å². The summed E-state index contributed by atoms with van der Waals surface area (Å²) >= 11 is 5.79. The normalized spacial score (nSPS) is 9.95. The smallest absolute Gasteiger partial charge is 0.308 e. The van der Waals surface area contributed by atoms with Gasteiger partial charge in [0.1, 0.15) is 5.82 Å². The molecule has 2 rings (SSSR count). The van der Waals surface area contributed by atoms with Crippen LogP contribution in [-0.4, -0.2) is 11.2 Å². The van der Waals surface area contributed by atoms with Gasteiger partial charge in [-0.2, -0.15) is 0 Å². The summed E-state index contributed by atoms with van der Waals surface area (Å²) in [5.74, 6) is -0.443. The summed E-state index contributed by atoms with van der Waals surface area (Å²) in [5, 5.41) is 14.2. The maximum atomic E-state index is 13.0. The number of halogens is 2. The molecule has 0 heterocycles. The fourth-order valence-electron chi connectivity index (χ4n) is 1.55. The number of carbonyl (C=O) groups is 1. The highest BCUT2D eigenvalue weighted by Gasteiger charge is 2.06. The van der Waals surface area contributed by atoms with Crippen LogP contribution in [-0.2, 0) is 0 Å². The first-order valence-corrected chi connectivity index (χ1v) is 5.99. The summed E-state index contributed by atoms with van der Waals surface area (Å²) in [5.41, 5.74) is 2.92. The minimum Gasteiger partial charge on any atom is -0.308 e. The van der Waals surface area contributed by atoms with E-state index in [9.17, 15) is 9.18 Å². The highest BCUT2D eigenvalue weighted by atomic mass is 35.5. The lowest BCUT2D eigenvalue weighted by Gasteiger charge is -2.09. The molecule has 0 spiro atoms. The van der Waals surface area contributed by atoms with Gasteiger partial charge in [-0.05, 0) is 36.4 Å². The van der Waals surface area contributed by atoms with Crippen molar-refractivity contribution >= 4 is 34.7 Å². The van der Waals surface area contributed by atoms with Crippen LogP contribution in [0.15, 0.2) is 42.5 Å². The van der Waals surface area contributed by atoms with Crippen molar-refractivity contribution < 1.29 is 14.4 Å². The lowest BCUT2D eigenvalue weighted by atomic mass is 10.3. The molecule has 0 bridgehead atoms. The van der Waals surface area contributed by atoms with Gasteiger partial charge < -0.3 is 10.6 Å². The van der Waals surface area contributed by atoms with Gasteiger partial charge in [-0.3, -0.25) is 10.7 Å².